The third-order valence-corrected chi connectivity index (χ3v) is 27.3. The van der Waals surface area contributed by atoms with Crippen molar-refractivity contribution < 1.29 is 56.0 Å². The van der Waals surface area contributed by atoms with Gasteiger partial charge >= 0.3 is 0 Å². The Morgan fingerprint density at radius 1 is 0.399 bits per heavy atom. The van der Waals surface area contributed by atoms with E-state index in [1.54, 1.807) is 87.0 Å². The second-order valence-electron chi connectivity index (χ2n) is 33.6. The van der Waals surface area contributed by atoms with Crippen LogP contribution in [0.25, 0.3) is 83.9 Å². The number of piperazine rings is 3. The molecule has 3 aliphatic rings. The quantitative estimate of drug-likeness (QED) is 0.0371. The Bertz CT molecular complexity index is 6790. The number of carbonyl (C=O) groups is 3. The van der Waals surface area contributed by atoms with Gasteiger partial charge in [0.15, 0.2) is 52.2 Å². The molecule has 9 aromatic heterocycles. The molecule has 3 fully saturated rings. The van der Waals surface area contributed by atoms with Crippen LogP contribution >= 0.6 is 104 Å². The highest BCUT2D eigenvalue weighted by atomic mass is 35.5. The first-order chi connectivity index (χ1) is 65.2. The van der Waals surface area contributed by atoms with Gasteiger partial charge in [0.05, 0.1) is 130 Å². The molecule has 0 saturated carbocycles. The van der Waals surface area contributed by atoms with Crippen molar-refractivity contribution in [1.82, 2.24) is 58.3 Å². The van der Waals surface area contributed by atoms with Crippen molar-refractivity contribution in [3.05, 3.63) is 255 Å². The lowest BCUT2D eigenvalue weighted by Crippen LogP contribution is -2.54. The van der Waals surface area contributed by atoms with E-state index in [1.807, 2.05) is 62.3 Å². The van der Waals surface area contributed by atoms with Crippen molar-refractivity contribution in [2.24, 2.45) is 0 Å². The second-order valence-corrected chi connectivity index (χ2v) is 37.1. The molecular formula is C96H81Cl9F6N18O9. The summed E-state index contributed by atoms with van der Waals surface area (Å²) in [6.45, 7) is 35.1. The maximum atomic E-state index is 15.5. The molecule has 3 saturated heterocycles. The summed E-state index contributed by atoms with van der Waals surface area (Å²) in [6.07, 6.45) is 8.46. The van der Waals surface area contributed by atoms with Crippen molar-refractivity contribution in [3.8, 4) is 86.3 Å². The van der Waals surface area contributed by atoms with E-state index >= 15 is 13.2 Å². The van der Waals surface area contributed by atoms with Gasteiger partial charge in [0.25, 0.3) is 16.7 Å². The average molecular weight is 2060 g/mol. The van der Waals surface area contributed by atoms with Crippen LogP contribution in [-0.2, 0) is 14.4 Å². The number of aromatic hydroxyl groups is 3. The van der Waals surface area contributed by atoms with Gasteiger partial charge in [0, 0.05) is 112 Å². The van der Waals surface area contributed by atoms with Gasteiger partial charge in [-0.2, -0.15) is 15.8 Å². The zero-order valence-corrected chi connectivity index (χ0v) is 82.2. The fourth-order valence-corrected chi connectivity index (χ4v) is 19.5. The van der Waals surface area contributed by atoms with Gasteiger partial charge in [-0.3, -0.25) is 57.4 Å². The van der Waals surface area contributed by atoms with Gasteiger partial charge in [-0.1, -0.05) is 166 Å². The summed E-state index contributed by atoms with van der Waals surface area (Å²) in [5.41, 5.74) is -0.478. The molecule has 0 spiro atoms. The average Bonchev–Trinajstić information content (AvgIpc) is 0.726. The summed E-state index contributed by atoms with van der Waals surface area (Å²) < 4.78 is 93.3. The molecule has 3 N–H and O–H groups in total. The summed E-state index contributed by atoms with van der Waals surface area (Å²) in [6, 6.07) is 14.5. The molecule has 3 aromatic carbocycles. The molecule has 3 atom stereocenters. The lowest BCUT2D eigenvalue weighted by molar-refractivity contribution is -0.129. The number of benzene rings is 3. The number of hydrogen-bond donors (Lipinski definition) is 3. The molecule has 0 bridgehead atoms. The molecule has 3 aliphatic heterocycles. The molecule has 714 valence electrons. The van der Waals surface area contributed by atoms with E-state index in [-0.39, 0.29) is 212 Å². The predicted molar refractivity (Wildman–Crippen MR) is 523 cm³/mol. The minimum absolute atomic E-state index is 0.0379. The number of carbonyl (C=O) groups excluding carboxylic acids is 3. The van der Waals surface area contributed by atoms with Crippen molar-refractivity contribution in [3.63, 3.8) is 0 Å². The fourth-order valence-electron chi connectivity index (χ4n) is 17.4. The molecule has 27 nitrogen and oxygen atoms in total. The van der Waals surface area contributed by atoms with E-state index in [4.69, 9.17) is 104 Å². The van der Waals surface area contributed by atoms with E-state index in [0.717, 1.165) is 0 Å². The minimum atomic E-state index is -1.46. The number of nitrogens with zero attached hydrogens (tertiary/aromatic N) is 18. The van der Waals surface area contributed by atoms with Crippen LogP contribution < -0.4 is 31.4 Å². The van der Waals surface area contributed by atoms with E-state index in [9.17, 15) is 73.0 Å². The van der Waals surface area contributed by atoms with Crippen molar-refractivity contribution in [1.29, 1.82) is 15.8 Å². The SMILES string of the molecule is C=CC(=O)N1CCN(c2c(C#N)c(=O)n(-c3c(C)ccnc3C(C)C)c3nc(-c4c(F)c(O)c(F)c(Cl)c4Cl)c(Cl)cc23)C[C@H]1C.C=CC(=O)N1CCN(c2c(C#N)c(=O)n(-c3c(C)ccnc3C(C)C)c3nc(-c4c(F)c(O)c(F)c(Cl)c4Cl)c(Cl)cc23)C[C@H]1C.C=CC(=O)N1CCN(c2c(C#N)c(=O)n(-c3c(C)ccnc3C(C)C)c3nc(-c4c(F)c(O)c(F)c(Cl)c4Cl)c(Cl)cc23)C[C@H]1C. The third kappa shape index (κ3) is 18.0. The predicted octanol–water partition coefficient (Wildman–Crippen LogP) is 20.8. The van der Waals surface area contributed by atoms with Crippen molar-refractivity contribution in [2.75, 3.05) is 73.6 Å². The molecule has 15 rings (SSSR count). The number of rotatable bonds is 15. The third-order valence-electron chi connectivity index (χ3n) is 24.0. The zero-order valence-electron chi connectivity index (χ0n) is 75.4. The zero-order chi connectivity index (χ0) is 101. The summed E-state index contributed by atoms with van der Waals surface area (Å²) in [7, 11) is 0. The van der Waals surface area contributed by atoms with Gasteiger partial charge in [0.2, 0.25) is 17.7 Å². The molecule has 138 heavy (non-hydrogen) atoms. The number of pyridine rings is 9. The number of hydrogen-bond acceptors (Lipinski definition) is 21. The number of phenolic OH excluding ortho intramolecular Hbond substituents is 3. The van der Waals surface area contributed by atoms with Crippen LogP contribution in [0.3, 0.4) is 0 Å². The molecular weight excluding hydrogens is 1980 g/mol. The number of anilines is 3. The number of phenols is 3. The number of fused-ring (bicyclic) bond motifs is 3. The molecule has 12 heterocycles. The van der Waals surface area contributed by atoms with E-state index in [0.29, 0.717) is 50.8 Å². The van der Waals surface area contributed by atoms with Crippen LogP contribution in [0.4, 0.5) is 43.4 Å². The van der Waals surface area contributed by atoms with Gasteiger partial charge in [-0.15, -0.1) is 0 Å². The van der Waals surface area contributed by atoms with Crippen LogP contribution in [0.2, 0.25) is 45.2 Å². The van der Waals surface area contributed by atoms with Crippen LogP contribution in [0.5, 0.6) is 17.2 Å². The van der Waals surface area contributed by atoms with Crippen LogP contribution in [0, 0.1) is 89.7 Å². The minimum Gasteiger partial charge on any atom is -0.503 e. The molecule has 0 aliphatic carbocycles. The Morgan fingerprint density at radius 2 is 0.630 bits per heavy atom. The highest BCUT2D eigenvalue weighted by Crippen LogP contribution is 2.51. The first-order valence-corrected chi connectivity index (χ1v) is 45.8. The largest absolute Gasteiger partial charge is 0.503 e. The number of nitriles is 3. The maximum absolute atomic E-state index is 15.5. The summed E-state index contributed by atoms with van der Waals surface area (Å²) >= 11 is 57.0. The highest BCUT2D eigenvalue weighted by Gasteiger charge is 2.40. The molecule has 12 aromatic rings. The van der Waals surface area contributed by atoms with Crippen LogP contribution in [0.15, 0.2) is 107 Å². The summed E-state index contributed by atoms with van der Waals surface area (Å²) in [5.74, 6) is -14.2. The first kappa shape index (κ1) is 103. The summed E-state index contributed by atoms with van der Waals surface area (Å²) in [5, 5.41) is 57.9. The molecule has 0 unspecified atom stereocenters. The number of aryl methyl sites for hydroxylation is 3. The Hall–Kier alpha value is -12.7. The molecule has 0 radical (unpaired) electrons. The fraction of sp³-hybridized carbons (Fsp3) is 0.281. The maximum Gasteiger partial charge on any atom is 0.276 e. The second kappa shape index (κ2) is 40.8. The van der Waals surface area contributed by atoms with Gasteiger partial charge < -0.3 is 44.7 Å². The Kier molecular flexibility index (Phi) is 30.3. The molecule has 3 amide bonds. The Labute approximate surface area is 830 Å². The molecule has 42 heteroatoms. The van der Waals surface area contributed by atoms with Crippen LogP contribution in [0.1, 0.15) is 131 Å². The number of halogens is 15. The van der Waals surface area contributed by atoms with Crippen molar-refractivity contribution >= 4 is 172 Å². The number of amides is 3. The number of aromatic nitrogens is 9. The van der Waals surface area contributed by atoms with Crippen LogP contribution in [-0.4, -0.2) is 168 Å². The van der Waals surface area contributed by atoms with E-state index in [2.05, 4.69) is 67.8 Å². The highest BCUT2D eigenvalue weighted by molar-refractivity contribution is 6.46. The topological polar surface area (TPSA) is 346 Å². The lowest BCUT2D eigenvalue weighted by Gasteiger charge is -2.41. The smallest absolute Gasteiger partial charge is 0.276 e. The van der Waals surface area contributed by atoms with Gasteiger partial charge in [-0.05, 0) is 131 Å². The van der Waals surface area contributed by atoms with E-state index < -0.39 is 116 Å². The Morgan fingerprint density at radius 3 is 0.833 bits per heavy atom. The van der Waals surface area contributed by atoms with Gasteiger partial charge in [-0.25, -0.2) is 41.3 Å². The lowest BCUT2D eigenvalue weighted by atomic mass is 10.0. The van der Waals surface area contributed by atoms with Gasteiger partial charge in [0.1, 0.15) is 51.8 Å². The van der Waals surface area contributed by atoms with Crippen molar-refractivity contribution in [2.45, 2.75) is 119 Å². The summed E-state index contributed by atoms with van der Waals surface area (Å²) in [4.78, 5) is 118. The monoisotopic (exact) mass is 2060 g/mol. The normalized spacial score (nSPS) is 15.0. The first-order valence-electron chi connectivity index (χ1n) is 42.4. The van der Waals surface area contributed by atoms with E-state index in [1.165, 1.54) is 50.1 Å². The Balaban J connectivity index is 0.000000175. The standard InChI is InChI=1S/3C32H27Cl3F2N6O3/c3*1-6-20(44)42-10-9-41(13-16(42)5)29-17-11-19(33)27(21-22(34)23(35)25(37)30(45)24(21)36)40-31(17)43(32(46)18(29)12-38)28-15(4)7-8-39-26(28)14(2)3/h3*6-8,11,14,16,45H,1,9-10,13H2,2-5H3/t3*16-/m111/s1.